The molecule has 1 aliphatic carbocycles. The van der Waals surface area contributed by atoms with E-state index in [1.54, 1.807) is 18.9 Å². The van der Waals surface area contributed by atoms with Gasteiger partial charge < -0.3 is 19.1 Å². The lowest BCUT2D eigenvalue weighted by Gasteiger charge is -2.36. The molecular weight excluding hydrogens is 519 g/mol. The van der Waals surface area contributed by atoms with E-state index in [0.29, 0.717) is 24.3 Å². The van der Waals surface area contributed by atoms with Crippen LogP contribution in [0.5, 0.6) is 0 Å². The van der Waals surface area contributed by atoms with Crippen molar-refractivity contribution >= 4 is 22.2 Å². The van der Waals surface area contributed by atoms with Gasteiger partial charge in [0.2, 0.25) is 5.95 Å². The van der Waals surface area contributed by atoms with Crippen LogP contribution in [-0.2, 0) is 20.6 Å². The molecule has 0 N–H and O–H groups in total. The molecule has 1 atom stereocenters. The Balaban J connectivity index is 1.34. The van der Waals surface area contributed by atoms with Gasteiger partial charge in [-0.25, -0.2) is 4.68 Å². The Kier molecular flexibility index (Phi) is 8.38. The number of anilines is 1. The van der Waals surface area contributed by atoms with Crippen LogP contribution in [0.2, 0.25) is 0 Å². The van der Waals surface area contributed by atoms with Gasteiger partial charge in [-0.3, -0.25) is 0 Å². The molecule has 1 aromatic heterocycles. The van der Waals surface area contributed by atoms with Crippen molar-refractivity contribution in [3.05, 3.63) is 64.6 Å². The molecule has 0 bridgehead atoms. The third-order valence-electron chi connectivity index (χ3n) is 9.10. The van der Waals surface area contributed by atoms with E-state index in [1.807, 2.05) is 6.07 Å². The first-order chi connectivity index (χ1) is 20.1. The second kappa shape index (κ2) is 12.3. The monoisotopic (exact) mass is 558 g/mol. The van der Waals surface area contributed by atoms with Crippen molar-refractivity contribution in [2.45, 2.75) is 70.3 Å². The average molecular weight is 559 g/mol. The Morgan fingerprint density at radius 2 is 1.80 bits per heavy atom. The Bertz CT molecular complexity index is 1440. The van der Waals surface area contributed by atoms with Crippen molar-refractivity contribution < 1.29 is 18.6 Å². The quantitative estimate of drug-likeness (QED) is 0.298. The summed E-state index contributed by atoms with van der Waals surface area (Å²) in [6.45, 7) is 2.58. The maximum atomic E-state index is 15.6. The van der Waals surface area contributed by atoms with Crippen LogP contribution in [0.1, 0.15) is 74.3 Å². The molecule has 1 unspecified atom stereocenters. The number of fused-ring (bicyclic) bond motifs is 3. The molecule has 8 heteroatoms. The summed E-state index contributed by atoms with van der Waals surface area (Å²) in [4.78, 5) is 2.41. The minimum absolute atomic E-state index is 0.154. The number of rotatable bonds is 7. The number of aryl methyl sites for hydroxylation is 1. The van der Waals surface area contributed by atoms with Gasteiger partial charge in [-0.2, -0.15) is 9.65 Å². The highest BCUT2D eigenvalue weighted by Crippen LogP contribution is 2.41. The van der Waals surface area contributed by atoms with E-state index >= 15 is 4.39 Å². The molecule has 0 radical (unpaired) electrons. The Labute approximate surface area is 241 Å². The number of nitriles is 1. The van der Waals surface area contributed by atoms with E-state index in [-0.39, 0.29) is 12.5 Å². The number of benzene rings is 2. The molecule has 0 saturated carbocycles. The summed E-state index contributed by atoms with van der Waals surface area (Å²) in [5.74, 6) is -0.0370. The fourth-order valence-corrected chi connectivity index (χ4v) is 7.06. The van der Waals surface area contributed by atoms with Gasteiger partial charge in [-0.15, -0.1) is 5.10 Å². The Morgan fingerprint density at radius 3 is 2.49 bits per heavy atom. The molecule has 7 nitrogen and oxygen atoms in total. The molecule has 41 heavy (non-hydrogen) atoms. The summed E-state index contributed by atoms with van der Waals surface area (Å²) in [5.41, 5.74) is 7.23. The van der Waals surface area contributed by atoms with Gasteiger partial charge in [0.15, 0.2) is 12.5 Å². The van der Waals surface area contributed by atoms with Crippen LogP contribution in [0.15, 0.2) is 42.0 Å². The third-order valence-corrected chi connectivity index (χ3v) is 9.10. The van der Waals surface area contributed by atoms with Gasteiger partial charge in [0.25, 0.3) is 0 Å². The van der Waals surface area contributed by atoms with Crippen LogP contribution in [0.3, 0.4) is 0 Å². The van der Waals surface area contributed by atoms with E-state index in [4.69, 9.17) is 14.2 Å². The predicted molar refractivity (Wildman–Crippen MR) is 157 cm³/mol. The zero-order valence-electron chi connectivity index (χ0n) is 24.1. The highest BCUT2D eigenvalue weighted by atomic mass is 19.1. The number of piperidine rings is 1. The fraction of sp³-hybridized carbons (Fsp3) is 0.515. The lowest BCUT2D eigenvalue weighted by Crippen LogP contribution is -2.39. The van der Waals surface area contributed by atoms with E-state index in [1.165, 1.54) is 5.69 Å². The summed E-state index contributed by atoms with van der Waals surface area (Å²) in [6, 6.07) is 15.2. The van der Waals surface area contributed by atoms with Crippen LogP contribution < -0.4 is 4.90 Å². The van der Waals surface area contributed by atoms with Gasteiger partial charge in [0.05, 0.1) is 23.4 Å². The maximum absolute atomic E-state index is 15.6. The molecule has 2 aromatic carbocycles. The number of nitrogens with zero attached hydrogens (tertiary/aromatic N) is 4. The molecule has 2 aliphatic heterocycles. The molecule has 3 aliphatic rings. The smallest absolute Gasteiger partial charge is 0.240 e. The van der Waals surface area contributed by atoms with Crippen molar-refractivity contribution in [1.82, 2.24) is 9.78 Å². The van der Waals surface area contributed by atoms with Crippen LogP contribution in [-0.4, -0.2) is 50.0 Å². The number of allylic oxidation sites excluding steroid dienone is 1. The van der Waals surface area contributed by atoms with Crippen molar-refractivity contribution in [2.75, 3.05) is 38.8 Å². The van der Waals surface area contributed by atoms with Gasteiger partial charge in [-0.05, 0) is 97.4 Å². The lowest BCUT2D eigenvalue weighted by molar-refractivity contribution is -0.141. The summed E-state index contributed by atoms with van der Waals surface area (Å²) >= 11 is 0. The molecule has 3 aromatic rings. The first-order valence-electron chi connectivity index (χ1n) is 14.9. The standard InChI is InChI=1S/C33H39FN4O3/c1-39-33(40-2)24-16-19-37(20-17-24)25-11-9-23(10-12-25)30-22(15-18-35)6-5-7-26-27(30)13-14-28-31(26)32(34)36-38(28)29-8-3-4-21-41-29/h9-14,24,29,33H,3-8,15-17,19-21H2,1-2H3. The van der Waals surface area contributed by atoms with Gasteiger partial charge in [-0.1, -0.05) is 18.2 Å². The first-order valence-corrected chi connectivity index (χ1v) is 14.9. The fourth-order valence-electron chi connectivity index (χ4n) is 7.06. The average Bonchev–Trinajstić information content (AvgIpc) is 3.24. The van der Waals surface area contributed by atoms with Crippen molar-refractivity contribution in [1.29, 1.82) is 5.26 Å². The highest BCUT2D eigenvalue weighted by molar-refractivity contribution is 5.93. The maximum Gasteiger partial charge on any atom is 0.240 e. The second-order valence-corrected chi connectivity index (χ2v) is 11.4. The minimum atomic E-state index is -0.433. The van der Waals surface area contributed by atoms with E-state index in [0.717, 1.165) is 97.8 Å². The minimum Gasteiger partial charge on any atom is -0.372 e. The summed E-state index contributed by atoms with van der Waals surface area (Å²) in [6.07, 6.45) is 7.37. The summed E-state index contributed by atoms with van der Waals surface area (Å²) < 4.78 is 34.2. The van der Waals surface area contributed by atoms with E-state index in [2.05, 4.69) is 46.4 Å². The zero-order valence-corrected chi connectivity index (χ0v) is 24.1. The normalized spacial score (nSPS) is 20.4. The zero-order chi connectivity index (χ0) is 28.3. The number of ether oxygens (including phenoxy) is 3. The van der Waals surface area contributed by atoms with Gasteiger partial charge in [0, 0.05) is 45.5 Å². The molecule has 3 heterocycles. The number of aromatic nitrogens is 2. The molecule has 0 amide bonds. The molecule has 0 spiro atoms. The van der Waals surface area contributed by atoms with E-state index < -0.39 is 5.95 Å². The second-order valence-electron chi connectivity index (χ2n) is 11.4. The number of halogens is 1. The van der Waals surface area contributed by atoms with Crippen LogP contribution >= 0.6 is 0 Å². The molecule has 6 rings (SSSR count). The van der Waals surface area contributed by atoms with Crippen molar-refractivity contribution in [3.63, 3.8) is 0 Å². The Morgan fingerprint density at radius 1 is 1.02 bits per heavy atom. The molecule has 2 fully saturated rings. The topological polar surface area (TPSA) is 72.5 Å². The molecule has 216 valence electrons. The largest absolute Gasteiger partial charge is 0.372 e. The van der Waals surface area contributed by atoms with Crippen molar-refractivity contribution in [2.24, 2.45) is 5.92 Å². The first kappa shape index (κ1) is 27.9. The number of methoxy groups -OCH3 is 2. The highest BCUT2D eigenvalue weighted by Gasteiger charge is 2.29. The number of hydrogen-bond acceptors (Lipinski definition) is 6. The molecule has 2 saturated heterocycles. The predicted octanol–water partition coefficient (Wildman–Crippen LogP) is 6.76. The van der Waals surface area contributed by atoms with Gasteiger partial charge >= 0.3 is 0 Å². The van der Waals surface area contributed by atoms with Gasteiger partial charge in [0.1, 0.15) is 0 Å². The SMILES string of the molecule is COC(OC)C1CCN(c2ccc(C3=C(CC#N)CCCc4c3ccc3c4c(F)nn3C3CCCCO3)cc2)CC1. The van der Waals surface area contributed by atoms with Crippen molar-refractivity contribution in [3.8, 4) is 6.07 Å². The summed E-state index contributed by atoms with van der Waals surface area (Å²) in [5, 5.41) is 14.6. The van der Waals surface area contributed by atoms with Crippen LogP contribution in [0.25, 0.3) is 16.5 Å². The van der Waals surface area contributed by atoms with Crippen LogP contribution in [0.4, 0.5) is 10.1 Å². The Hall–Kier alpha value is -3.25. The van der Waals surface area contributed by atoms with Crippen LogP contribution in [0, 0.1) is 23.2 Å². The molecular formula is C33H39FN4O3. The number of hydrogen-bond donors (Lipinski definition) is 0. The third kappa shape index (κ3) is 5.39. The lowest BCUT2D eigenvalue weighted by atomic mass is 9.88. The van der Waals surface area contributed by atoms with E-state index in [9.17, 15) is 5.26 Å². The summed E-state index contributed by atoms with van der Waals surface area (Å²) in [7, 11) is 3.41.